The third-order valence-corrected chi connectivity index (χ3v) is 2.25. The third-order valence-electron chi connectivity index (χ3n) is 2.25. The summed E-state index contributed by atoms with van der Waals surface area (Å²) in [6.45, 7) is 0. The highest BCUT2D eigenvalue weighted by molar-refractivity contribution is 5.31. The van der Waals surface area contributed by atoms with Gasteiger partial charge in [-0.25, -0.2) is 4.39 Å². The molecule has 0 atom stereocenters. The zero-order chi connectivity index (χ0) is 12.5. The van der Waals surface area contributed by atoms with Gasteiger partial charge in [0, 0.05) is 11.1 Å². The lowest BCUT2D eigenvalue weighted by molar-refractivity contribution is -0.128. The van der Waals surface area contributed by atoms with Crippen molar-refractivity contribution in [2.24, 2.45) is 0 Å². The van der Waals surface area contributed by atoms with E-state index in [0.29, 0.717) is 0 Å². The number of alkyl halides is 3. The van der Waals surface area contributed by atoms with Gasteiger partial charge in [-0.1, -0.05) is 12.1 Å². The van der Waals surface area contributed by atoms with Gasteiger partial charge in [0.1, 0.15) is 18.3 Å². The number of hydrogen-bond donors (Lipinski definition) is 0. The van der Waals surface area contributed by atoms with E-state index in [9.17, 15) is 17.6 Å². The Morgan fingerprint density at radius 3 is 2.35 bits per heavy atom. The Bertz CT molecular complexity index is 432. The molecule has 0 spiro atoms. The standard InChI is InChI=1S/C11H8F4O2/c12-9-3-1-2-7(10-16-4-5-17-10)8(9)6-11(13,14)15/h1-5,10H,6H2. The second kappa shape index (κ2) is 4.27. The van der Waals surface area contributed by atoms with Gasteiger partial charge < -0.3 is 9.47 Å². The number of ether oxygens (including phenoxy) is 2. The Hall–Kier alpha value is -1.72. The van der Waals surface area contributed by atoms with Crippen LogP contribution in [-0.4, -0.2) is 6.18 Å². The topological polar surface area (TPSA) is 18.5 Å². The van der Waals surface area contributed by atoms with Crippen molar-refractivity contribution < 1.29 is 27.0 Å². The molecule has 0 N–H and O–H groups in total. The highest BCUT2D eigenvalue weighted by Gasteiger charge is 2.33. The maximum absolute atomic E-state index is 13.4. The van der Waals surface area contributed by atoms with Crippen LogP contribution in [0.2, 0.25) is 0 Å². The van der Waals surface area contributed by atoms with E-state index >= 15 is 0 Å². The summed E-state index contributed by atoms with van der Waals surface area (Å²) < 4.78 is 60.2. The maximum Gasteiger partial charge on any atom is 0.393 e. The molecule has 1 aromatic carbocycles. The van der Waals surface area contributed by atoms with Gasteiger partial charge in [0.15, 0.2) is 0 Å². The predicted octanol–water partition coefficient (Wildman–Crippen LogP) is 3.45. The fourth-order valence-electron chi connectivity index (χ4n) is 1.57. The summed E-state index contributed by atoms with van der Waals surface area (Å²) in [7, 11) is 0. The van der Waals surface area contributed by atoms with Crippen LogP contribution in [0.25, 0.3) is 0 Å². The Balaban J connectivity index is 2.34. The van der Waals surface area contributed by atoms with Gasteiger partial charge in [-0.15, -0.1) is 0 Å². The first-order valence-corrected chi connectivity index (χ1v) is 4.77. The molecule has 6 heteroatoms. The van der Waals surface area contributed by atoms with Crippen molar-refractivity contribution in [1.82, 2.24) is 0 Å². The SMILES string of the molecule is Fc1cccc(C2OC=CO2)c1CC(F)(F)F. The van der Waals surface area contributed by atoms with Gasteiger partial charge in [-0.2, -0.15) is 13.2 Å². The average Bonchev–Trinajstić information content (AvgIpc) is 2.72. The Labute approximate surface area is 94.4 Å². The van der Waals surface area contributed by atoms with Crippen molar-refractivity contribution in [2.45, 2.75) is 18.9 Å². The van der Waals surface area contributed by atoms with Crippen LogP contribution in [-0.2, 0) is 15.9 Å². The van der Waals surface area contributed by atoms with E-state index in [0.717, 1.165) is 6.07 Å². The quantitative estimate of drug-likeness (QED) is 0.746. The Kier molecular flexibility index (Phi) is 2.95. The van der Waals surface area contributed by atoms with Crippen molar-refractivity contribution in [3.63, 3.8) is 0 Å². The zero-order valence-electron chi connectivity index (χ0n) is 8.50. The van der Waals surface area contributed by atoms with E-state index in [1.807, 2.05) is 0 Å². The van der Waals surface area contributed by atoms with Crippen molar-refractivity contribution >= 4 is 0 Å². The maximum atomic E-state index is 13.4. The largest absolute Gasteiger partial charge is 0.455 e. The first-order valence-electron chi connectivity index (χ1n) is 4.77. The third kappa shape index (κ3) is 2.69. The molecule has 0 unspecified atom stereocenters. The highest BCUT2D eigenvalue weighted by Crippen LogP contribution is 2.32. The first-order chi connectivity index (χ1) is 7.97. The van der Waals surface area contributed by atoms with Gasteiger partial charge in [0.05, 0.1) is 6.42 Å². The van der Waals surface area contributed by atoms with Crippen LogP contribution in [0.5, 0.6) is 0 Å². The van der Waals surface area contributed by atoms with Gasteiger partial charge >= 0.3 is 6.18 Å². The van der Waals surface area contributed by atoms with E-state index in [2.05, 4.69) is 0 Å². The molecule has 0 bridgehead atoms. The lowest BCUT2D eigenvalue weighted by Gasteiger charge is -2.16. The molecule has 0 aliphatic carbocycles. The summed E-state index contributed by atoms with van der Waals surface area (Å²) in [6.07, 6.45) is -4.44. The molecule has 92 valence electrons. The summed E-state index contributed by atoms with van der Waals surface area (Å²) in [5.41, 5.74) is -0.402. The molecular weight excluding hydrogens is 240 g/mol. The van der Waals surface area contributed by atoms with Crippen LogP contribution >= 0.6 is 0 Å². The minimum Gasteiger partial charge on any atom is -0.455 e. The van der Waals surface area contributed by atoms with Crippen LogP contribution in [0.4, 0.5) is 17.6 Å². The molecule has 2 rings (SSSR count). The van der Waals surface area contributed by atoms with Crippen LogP contribution in [0.15, 0.2) is 30.7 Å². The monoisotopic (exact) mass is 248 g/mol. The zero-order valence-corrected chi connectivity index (χ0v) is 8.50. The summed E-state index contributed by atoms with van der Waals surface area (Å²) in [6, 6.07) is 3.64. The number of hydrogen-bond acceptors (Lipinski definition) is 2. The molecule has 0 saturated carbocycles. The Morgan fingerprint density at radius 1 is 1.12 bits per heavy atom. The van der Waals surface area contributed by atoms with Crippen molar-refractivity contribution in [3.8, 4) is 0 Å². The summed E-state index contributed by atoms with van der Waals surface area (Å²) >= 11 is 0. The second-order valence-electron chi connectivity index (χ2n) is 3.48. The lowest BCUT2D eigenvalue weighted by Crippen LogP contribution is -2.16. The van der Waals surface area contributed by atoms with Gasteiger partial charge in [-0.05, 0) is 6.07 Å². The van der Waals surface area contributed by atoms with Crippen LogP contribution in [0.3, 0.4) is 0 Å². The van der Waals surface area contributed by atoms with Gasteiger partial charge in [-0.3, -0.25) is 0 Å². The molecular formula is C11H8F4O2. The minimum absolute atomic E-state index is 0.0484. The number of benzene rings is 1. The van der Waals surface area contributed by atoms with Crippen molar-refractivity contribution in [3.05, 3.63) is 47.7 Å². The summed E-state index contributed by atoms with van der Waals surface area (Å²) in [5.74, 6) is -0.918. The van der Waals surface area contributed by atoms with Crippen LogP contribution in [0.1, 0.15) is 17.4 Å². The number of rotatable bonds is 2. The van der Waals surface area contributed by atoms with Crippen LogP contribution in [0, 0.1) is 5.82 Å². The van der Waals surface area contributed by atoms with E-state index in [1.165, 1.54) is 24.7 Å². The molecule has 0 aromatic heterocycles. The molecule has 0 saturated heterocycles. The lowest BCUT2D eigenvalue weighted by atomic mass is 10.0. The molecule has 1 aliphatic heterocycles. The fourth-order valence-corrected chi connectivity index (χ4v) is 1.57. The second-order valence-corrected chi connectivity index (χ2v) is 3.48. The van der Waals surface area contributed by atoms with Crippen molar-refractivity contribution in [1.29, 1.82) is 0 Å². The average molecular weight is 248 g/mol. The molecule has 1 aliphatic rings. The molecule has 0 amide bonds. The molecule has 0 radical (unpaired) electrons. The predicted molar refractivity (Wildman–Crippen MR) is 50.2 cm³/mol. The normalized spacial score (nSPS) is 15.8. The minimum atomic E-state index is -4.48. The first kappa shape index (κ1) is 11.8. The Morgan fingerprint density at radius 2 is 1.76 bits per heavy atom. The van der Waals surface area contributed by atoms with Gasteiger partial charge in [0.25, 0.3) is 6.29 Å². The summed E-state index contributed by atoms with van der Waals surface area (Å²) in [5, 5.41) is 0. The molecule has 0 fully saturated rings. The van der Waals surface area contributed by atoms with E-state index in [4.69, 9.17) is 9.47 Å². The van der Waals surface area contributed by atoms with Crippen molar-refractivity contribution in [2.75, 3.05) is 0 Å². The van der Waals surface area contributed by atoms with E-state index in [1.54, 1.807) is 0 Å². The van der Waals surface area contributed by atoms with E-state index in [-0.39, 0.29) is 5.56 Å². The molecule has 1 heterocycles. The summed E-state index contributed by atoms with van der Waals surface area (Å²) in [4.78, 5) is 0. The van der Waals surface area contributed by atoms with Crippen LogP contribution < -0.4 is 0 Å². The molecule has 2 nitrogen and oxygen atoms in total. The molecule has 17 heavy (non-hydrogen) atoms. The van der Waals surface area contributed by atoms with E-state index < -0.39 is 30.3 Å². The smallest absolute Gasteiger partial charge is 0.393 e. The molecule has 1 aromatic rings. The van der Waals surface area contributed by atoms with Gasteiger partial charge in [0.2, 0.25) is 0 Å². The fraction of sp³-hybridized carbons (Fsp3) is 0.273. The number of halogens is 4. The highest BCUT2D eigenvalue weighted by atomic mass is 19.4.